The molecule has 9 heteroatoms. The van der Waals surface area contributed by atoms with Crippen molar-refractivity contribution < 1.29 is 18.1 Å². The Morgan fingerprint density at radius 2 is 1.77 bits per heavy atom. The molecule has 0 aliphatic heterocycles. The van der Waals surface area contributed by atoms with Crippen molar-refractivity contribution in [1.29, 1.82) is 0 Å². The van der Waals surface area contributed by atoms with Crippen molar-refractivity contribution in [3.63, 3.8) is 0 Å². The van der Waals surface area contributed by atoms with Crippen LogP contribution in [-0.4, -0.2) is 37.2 Å². The lowest BCUT2D eigenvalue weighted by atomic mass is 10.1. The van der Waals surface area contributed by atoms with Crippen LogP contribution in [0.4, 0.5) is 11.4 Å². The molecular formula is C17H19N3O5S. The van der Waals surface area contributed by atoms with Crippen molar-refractivity contribution in [2.24, 2.45) is 0 Å². The molecule has 2 aromatic carbocycles. The number of hydrogen-bond acceptors (Lipinski definition) is 5. The Bertz CT molecular complexity index is 924. The van der Waals surface area contributed by atoms with Gasteiger partial charge in [0.2, 0.25) is 0 Å². The minimum absolute atomic E-state index is 0.121. The minimum atomic E-state index is -4.09. The molecule has 138 valence electrons. The van der Waals surface area contributed by atoms with E-state index >= 15 is 0 Å². The predicted molar refractivity (Wildman–Crippen MR) is 97.6 cm³/mol. The molecule has 0 spiro atoms. The Labute approximate surface area is 151 Å². The molecule has 8 nitrogen and oxygen atoms in total. The standard InChI is InChI=1S/C17H19N3O5S/c1-3-19(4-2)17(21)15-10-5-6-11-16(15)18-26(24,25)14-9-7-8-13(12-14)20(22)23/h5-12,18H,3-4H2,1-2H3. The highest BCUT2D eigenvalue weighted by molar-refractivity contribution is 7.92. The Kier molecular flexibility index (Phi) is 5.93. The summed E-state index contributed by atoms with van der Waals surface area (Å²) in [5.41, 5.74) is 0.00138. The Hall–Kier alpha value is -2.94. The van der Waals surface area contributed by atoms with Gasteiger partial charge < -0.3 is 4.90 Å². The van der Waals surface area contributed by atoms with E-state index < -0.39 is 14.9 Å². The molecule has 1 N–H and O–H groups in total. The van der Waals surface area contributed by atoms with Crippen LogP contribution in [0.5, 0.6) is 0 Å². The third-order valence-corrected chi connectivity index (χ3v) is 5.15. The quantitative estimate of drug-likeness (QED) is 0.589. The van der Waals surface area contributed by atoms with Crippen LogP contribution in [0.2, 0.25) is 0 Å². The molecule has 2 aromatic rings. The molecular weight excluding hydrogens is 358 g/mol. The molecule has 0 aromatic heterocycles. The van der Waals surface area contributed by atoms with Crippen molar-refractivity contribution in [1.82, 2.24) is 4.90 Å². The molecule has 0 aliphatic rings. The van der Waals surface area contributed by atoms with E-state index in [-0.39, 0.29) is 27.7 Å². The molecule has 2 rings (SSSR count). The Morgan fingerprint density at radius 1 is 1.12 bits per heavy atom. The third kappa shape index (κ3) is 4.17. The van der Waals surface area contributed by atoms with Gasteiger partial charge in [0, 0.05) is 25.2 Å². The number of nitrogens with one attached hydrogen (secondary N) is 1. The highest BCUT2D eigenvalue weighted by Crippen LogP contribution is 2.23. The van der Waals surface area contributed by atoms with Crippen LogP contribution in [0, 0.1) is 10.1 Å². The van der Waals surface area contributed by atoms with Crippen molar-refractivity contribution in [3.05, 3.63) is 64.2 Å². The van der Waals surface area contributed by atoms with Gasteiger partial charge in [0.05, 0.1) is 21.1 Å². The summed E-state index contributed by atoms with van der Waals surface area (Å²) in [4.78, 5) is 24.1. The number of nitro groups is 1. The number of anilines is 1. The predicted octanol–water partition coefficient (Wildman–Crippen LogP) is 2.88. The average Bonchev–Trinajstić information content (AvgIpc) is 2.63. The lowest BCUT2D eigenvalue weighted by Crippen LogP contribution is -2.31. The normalized spacial score (nSPS) is 11.0. The van der Waals surface area contributed by atoms with E-state index in [1.165, 1.54) is 30.3 Å². The van der Waals surface area contributed by atoms with E-state index in [1.54, 1.807) is 17.0 Å². The van der Waals surface area contributed by atoms with Crippen LogP contribution in [0.25, 0.3) is 0 Å². The number of nitrogens with zero attached hydrogens (tertiary/aromatic N) is 2. The van der Waals surface area contributed by atoms with Crippen molar-refractivity contribution in [2.75, 3.05) is 17.8 Å². The van der Waals surface area contributed by atoms with E-state index in [9.17, 15) is 23.3 Å². The highest BCUT2D eigenvalue weighted by Gasteiger charge is 2.22. The summed E-state index contributed by atoms with van der Waals surface area (Å²) in [6.07, 6.45) is 0. The number of nitro benzene ring substituents is 1. The van der Waals surface area contributed by atoms with E-state index in [0.717, 1.165) is 6.07 Å². The topological polar surface area (TPSA) is 110 Å². The van der Waals surface area contributed by atoms with Gasteiger partial charge >= 0.3 is 0 Å². The second-order valence-electron chi connectivity index (χ2n) is 5.38. The fraction of sp³-hybridized carbons (Fsp3) is 0.235. The van der Waals surface area contributed by atoms with Crippen molar-refractivity contribution >= 4 is 27.3 Å². The molecule has 0 bridgehead atoms. The van der Waals surface area contributed by atoms with Gasteiger partial charge in [-0.3, -0.25) is 19.6 Å². The van der Waals surface area contributed by atoms with Gasteiger partial charge in [-0.2, -0.15) is 0 Å². The minimum Gasteiger partial charge on any atom is -0.339 e. The van der Waals surface area contributed by atoms with Gasteiger partial charge in [-0.15, -0.1) is 0 Å². The van der Waals surface area contributed by atoms with Crippen LogP contribution in [0.15, 0.2) is 53.4 Å². The highest BCUT2D eigenvalue weighted by atomic mass is 32.2. The molecule has 1 amide bonds. The summed E-state index contributed by atoms with van der Waals surface area (Å²) < 4.78 is 27.6. The van der Waals surface area contributed by atoms with Gasteiger partial charge in [-0.25, -0.2) is 8.42 Å². The summed E-state index contributed by atoms with van der Waals surface area (Å²) in [6.45, 7) is 4.64. The summed E-state index contributed by atoms with van der Waals surface area (Å²) in [5, 5.41) is 10.9. The molecule has 0 radical (unpaired) electrons. The van der Waals surface area contributed by atoms with Crippen LogP contribution in [0.1, 0.15) is 24.2 Å². The largest absolute Gasteiger partial charge is 0.339 e. The molecule has 0 fully saturated rings. The van der Waals surface area contributed by atoms with Crippen molar-refractivity contribution in [3.8, 4) is 0 Å². The lowest BCUT2D eigenvalue weighted by molar-refractivity contribution is -0.385. The second-order valence-corrected chi connectivity index (χ2v) is 7.07. The number of non-ortho nitro benzene ring substituents is 1. The maximum absolute atomic E-state index is 12.6. The van der Waals surface area contributed by atoms with Gasteiger partial charge in [0.15, 0.2) is 0 Å². The number of benzene rings is 2. The molecule has 0 unspecified atom stereocenters. The van der Waals surface area contributed by atoms with Gasteiger partial charge in [-0.05, 0) is 32.0 Å². The van der Waals surface area contributed by atoms with Crippen LogP contribution < -0.4 is 4.72 Å². The van der Waals surface area contributed by atoms with E-state index in [4.69, 9.17) is 0 Å². The monoisotopic (exact) mass is 377 g/mol. The zero-order valence-electron chi connectivity index (χ0n) is 14.4. The lowest BCUT2D eigenvalue weighted by Gasteiger charge is -2.20. The van der Waals surface area contributed by atoms with Gasteiger partial charge in [0.25, 0.3) is 21.6 Å². The van der Waals surface area contributed by atoms with E-state index in [0.29, 0.717) is 13.1 Å². The smallest absolute Gasteiger partial charge is 0.270 e. The fourth-order valence-corrected chi connectivity index (χ4v) is 3.53. The summed E-state index contributed by atoms with van der Waals surface area (Å²) in [6, 6.07) is 11.0. The zero-order valence-corrected chi connectivity index (χ0v) is 15.2. The van der Waals surface area contributed by atoms with Gasteiger partial charge in [-0.1, -0.05) is 18.2 Å². The number of amides is 1. The fourth-order valence-electron chi connectivity index (χ4n) is 2.41. The first-order valence-corrected chi connectivity index (χ1v) is 9.44. The summed E-state index contributed by atoms with van der Waals surface area (Å²) in [7, 11) is -4.09. The second kappa shape index (κ2) is 7.96. The number of rotatable bonds is 7. The molecule has 0 atom stereocenters. The van der Waals surface area contributed by atoms with E-state index in [2.05, 4.69) is 4.72 Å². The number of sulfonamides is 1. The Balaban J connectivity index is 2.41. The summed E-state index contributed by atoms with van der Waals surface area (Å²) >= 11 is 0. The summed E-state index contributed by atoms with van der Waals surface area (Å²) in [5.74, 6) is -0.299. The molecule has 26 heavy (non-hydrogen) atoms. The zero-order chi connectivity index (χ0) is 19.3. The third-order valence-electron chi connectivity index (χ3n) is 3.79. The van der Waals surface area contributed by atoms with Crippen LogP contribution >= 0.6 is 0 Å². The maximum atomic E-state index is 12.6. The van der Waals surface area contributed by atoms with E-state index in [1.807, 2.05) is 13.8 Å². The maximum Gasteiger partial charge on any atom is 0.270 e. The first-order valence-electron chi connectivity index (χ1n) is 7.95. The SMILES string of the molecule is CCN(CC)C(=O)c1ccccc1NS(=O)(=O)c1cccc([N+](=O)[O-])c1. The van der Waals surface area contributed by atoms with Crippen LogP contribution in [0.3, 0.4) is 0 Å². The van der Waals surface area contributed by atoms with Crippen LogP contribution in [-0.2, 0) is 10.0 Å². The molecule has 0 heterocycles. The first kappa shape index (κ1) is 19.4. The van der Waals surface area contributed by atoms with Crippen molar-refractivity contribution in [2.45, 2.75) is 18.7 Å². The Morgan fingerprint density at radius 3 is 2.38 bits per heavy atom. The van der Waals surface area contributed by atoms with Gasteiger partial charge in [0.1, 0.15) is 0 Å². The average molecular weight is 377 g/mol. The number of para-hydroxylation sites is 1. The molecule has 0 aliphatic carbocycles. The first-order chi connectivity index (χ1) is 12.3. The molecule has 0 saturated heterocycles. The molecule has 0 saturated carbocycles. The number of carbonyl (C=O) groups is 1. The number of hydrogen-bond donors (Lipinski definition) is 1. The number of carbonyl (C=O) groups excluding carboxylic acids is 1.